The first-order chi connectivity index (χ1) is 10.5. The van der Waals surface area contributed by atoms with Gasteiger partial charge in [-0.15, -0.1) is 0 Å². The summed E-state index contributed by atoms with van der Waals surface area (Å²) >= 11 is 0. The number of rotatable bonds is 4. The van der Waals surface area contributed by atoms with Crippen LogP contribution in [0.3, 0.4) is 0 Å². The number of carbonyl (C=O) groups excluding carboxylic acids is 2. The number of methoxy groups -OCH3 is 1. The number of benzene rings is 1. The predicted molar refractivity (Wildman–Crippen MR) is 81.1 cm³/mol. The second-order valence-electron chi connectivity index (χ2n) is 5.02. The van der Waals surface area contributed by atoms with Gasteiger partial charge in [-0.2, -0.15) is 0 Å². The van der Waals surface area contributed by atoms with Crippen molar-refractivity contribution in [3.05, 3.63) is 52.5 Å². The molecule has 0 saturated heterocycles. The van der Waals surface area contributed by atoms with E-state index in [4.69, 9.17) is 4.74 Å². The molecule has 4 nitrogen and oxygen atoms in total. The summed E-state index contributed by atoms with van der Waals surface area (Å²) in [7, 11) is 1.27. The van der Waals surface area contributed by atoms with Crippen molar-refractivity contribution in [2.45, 2.75) is 20.3 Å². The van der Waals surface area contributed by atoms with Gasteiger partial charge in [0.2, 0.25) is 0 Å². The van der Waals surface area contributed by atoms with Crippen LogP contribution in [0.25, 0.3) is 6.08 Å². The molecule has 1 amide bonds. The molecule has 1 aliphatic rings. The lowest BCUT2D eigenvalue weighted by molar-refractivity contribution is -0.136. The van der Waals surface area contributed by atoms with Gasteiger partial charge in [0.15, 0.2) is 0 Å². The molecule has 1 aromatic rings. The van der Waals surface area contributed by atoms with Gasteiger partial charge in [0.05, 0.1) is 18.3 Å². The fourth-order valence-electron chi connectivity index (χ4n) is 2.48. The number of amides is 1. The van der Waals surface area contributed by atoms with Crippen LogP contribution in [-0.2, 0) is 14.3 Å². The number of carbonyl (C=O) groups is 2. The van der Waals surface area contributed by atoms with Crippen LogP contribution in [0.4, 0.5) is 4.39 Å². The summed E-state index contributed by atoms with van der Waals surface area (Å²) in [5.41, 5.74) is 1.57. The first-order valence-corrected chi connectivity index (χ1v) is 7.08. The Morgan fingerprint density at radius 3 is 2.73 bits per heavy atom. The molecule has 0 unspecified atom stereocenters. The van der Waals surface area contributed by atoms with E-state index in [9.17, 15) is 14.0 Å². The highest BCUT2D eigenvalue weighted by Crippen LogP contribution is 2.31. The molecule has 0 aromatic heterocycles. The zero-order valence-electron chi connectivity index (χ0n) is 12.9. The molecule has 1 aromatic carbocycles. The van der Waals surface area contributed by atoms with Gasteiger partial charge in [-0.25, -0.2) is 9.18 Å². The van der Waals surface area contributed by atoms with Crippen LogP contribution >= 0.6 is 0 Å². The summed E-state index contributed by atoms with van der Waals surface area (Å²) in [6, 6.07) is 5.87. The molecule has 22 heavy (non-hydrogen) atoms. The Morgan fingerprint density at radius 1 is 1.41 bits per heavy atom. The maximum atomic E-state index is 13.3. The minimum atomic E-state index is -0.563. The van der Waals surface area contributed by atoms with Crippen LogP contribution in [0.2, 0.25) is 0 Å². The third kappa shape index (κ3) is 2.93. The molecule has 0 spiro atoms. The summed E-state index contributed by atoms with van der Waals surface area (Å²) in [5.74, 6) is -1.22. The topological polar surface area (TPSA) is 46.6 Å². The molecule has 2 rings (SSSR count). The SMILES string of the molecule is CCCN1C(=O)/C(=C\c2cccc(F)c2)C(C(=O)OC)=C1C. The van der Waals surface area contributed by atoms with E-state index in [2.05, 4.69) is 0 Å². The first-order valence-electron chi connectivity index (χ1n) is 7.08. The Labute approximate surface area is 128 Å². The Hall–Kier alpha value is -2.43. The highest BCUT2D eigenvalue weighted by atomic mass is 19.1. The van der Waals surface area contributed by atoms with Gasteiger partial charge in [-0.05, 0) is 37.1 Å². The maximum Gasteiger partial charge on any atom is 0.340 e. The van der Waals surface area contributed by atoms with Crippen molar-refractivity contribution in [1.82, 2.24) is 4.90 Å². The fourth-order valence-corrected chi connectivity index (χ4v) is 2.48. The van der Waals surface area contributed by atoms with Crippen molar-refractivity contribution in [2.24, 2.45) is 0 Å². The lowest BCUT2D eigenvalue weighted by Gasteiger charge is -2.16. The number of esters is 1. The zero-order valence-corrected chi connectivity index (χ0v) is 12.9. The van der Waals surface area contributed by atoms with Gasteiger partial charge < -0.3 is 9.64 Å². The predicted octanol–water partition coefficient (Wildman–Crippen LogP) is 2.91. The van der Waals surface area contributed by atoms with E-state index in [-0.39, 0.29) is 17.1 Å². The Kier molecular flexibility index (Phi) is 4.75. The van der Waals surface area contributed by atoms with Crippen LogP contribution in [0, 0.1) is 5.82 Å². The van der Waals surface area contributed by atoms with Crippen molar-refractivity contribution < 1.29 is 18.7 Å². The molecule has 1 heterocycles. The summed E-state index contributed by atoms with van der Waals surface area (Å²) < 4.78 is 18.1. The maximum absolute atomic E-state index is 13.3. The normalized spacial score (nSPS) is 16.6. The third-order valence-electron chi connectivity index (χ3n) is 3.51. The van der Waals surface area contributed by atoms with Crippen molar-refractivity contribution >= 4 is 18.0 Å². The molecule has 0 saturated carbocycles. The summed E-state index contributed by atoms with van der Waals surface area (Å²) in [4.78, 5) is 26.1. The molecule has 0 bridgehead atoms. The molecule has 0 aliphatic carbocycles. The Balaban J connectivity index is 2.52. The fraction of sp³-hybridized carbons (Fsp3) is 0.294. The number of halogens is 1. The summed E-state index contributed by atoms with van der Waals surface area (Å²) in [5, 5.41) is 0. The number of allylic oxidation sites excluding steroid dienone is 1. The van der Waals surface area contributed by atoms with Gasteiger partial charge in [-0.3, -0.25) is 4.79 Å². The van der Waals surface area contributed by atoms with Gasteiger partial charge in [0.25, 0.3) is 5.91 Å². The second kappa shape index (κ2) is 6.56. The van der Waals surface area contributed by atoms with E-state index in [0.717, 1.165) is 6.42 Å². The lowest BCUT2D eigenvalue weighted by Crippen LogP contribution is -2.25. The average molecular weight is 303 g/mol. The van der Waals surface area contributed by atoms with Crippen LogP contribution in [0.5, 0.6) is 0 Å². The molecule has 5 heteroatoms. The van der Waals surface area contributed by atoms with E-state index < -0.39 is 11.8 Å². The summed E-state index contributed by atoms with van der Waals surface area (Å²) in [6.07, 6.45) is 2.29. The van der Waals surface area contributed by atoms with E-state index in [1.165, 1.54) is 25.3 Å². The molecule has 1 aliphatic heterocycles. The van der Waals surface area contributed by atoms with Gasteiger partial charge in [0.1, 0.15) is 5.82 Å². The van der Waals surface area contributed by atoms with Gasteiger partial charge >= 0.3 is 5.97 Å². The molecule has 0 atom stereocenters. The number of ether oxygens (including phenoxy) is 1. The van der Waals surface area contributed by atoms with Crippen molar-refractivity contribution in [1.29, 1.82) is 0 Å². The molecular weight excluding hydrogens is 285 g/mol. The lowest BCUT2D eigenvalue weighted by atomic mass is 10.0. The minimum absolute atomic E-state index is 0.239. The first kappa shape index (κ1) is 15.9. The molecule has 116 valence electrons. The molecule has 0 radical (unpaired) electrons. The monoisotopic (exact) mass is 303 g/mol. The molecular formula is C17H18FNO3. The van der Waals surface area contributed by atoms with Crippen LogP contribution in [0.15, 0.2) is 41.1 Å². The second-order valence-corrected chi connectivity index (χ2v) is 5.02. The Morgan fingerprint density at radius 2 is 2.14 bits per heavy atom. The number of hydrogen-bond donors (Lipinski definition) is 0. The average Bonchev–Trinajstić information content (AvgIpc) is 2.72. The zero-order chi connectivity index (χ0) is 16.3. The quantitative estimate of drug-likeness (QED) is 0.634. The molecule has 0 fully saturated rings. The molecule has 0 N–H and O–H groups in total. The van der Waals surface area contributed by atoms with Crippen molar-refractivity contribution in [3.63, 3.8) is 0 Å². The van der Waals surface area contributed by atoms with E-state index >= 15 is 0 Å². The number of hydrogen-bond acceptors (Lipinski definition) is 3. The largest absolute Gasteiger partial charge is 0.465 e. The number of nitrogens with zero attached hydrogens (tertiary/aromatic N) is 1. The van der Waals surface area contributed by atoms with Crippen molar-refractivity contribution in [2.75, 3.05) is 13.7 Å². The highest BCUT2D eigenvalue weighted by Gasteiger charge is 2.36. The Bertz CT molecular complexity index is 676. The highest BCUT2D eigenvalue weighted by molar-refractivity contribution is 6.16. The van der Waals surface area contributed by atoms with Crippen molar-refractivity contribution in [3.8, 4) is 0 Å². The smallest absolute Gasteiger partial charge is 0.340 e. The van der Waals surface area contributed by atoms with E-state index in [0.29, 0.717) is 17.8 Å². The summed E-state index contributed by atoms with van der Waals surface area (Å²) in [6.45, 7) is 4.19. The van der Waals surface area contributed by atoms with E-state index in [1.807, 2.05) is 6.92 Å². The van der Waals surface area contributed by atoms with Gasteiger partial charge in [-0.1, -0.05) is 19.1 Å². The van der Waals surface area contributed by atoms with Crippen LogP contribution in [0.1, 0.15) is 25.8 Å². The van der Waals surface area contributed by atoms with Crippen LogP contribution < -0.4 is 0 Å². The minimum Gasteiger partial charge on any atom is -0.465 e. The third-order valence-corrected chi connectivity index (χ3v) is 3.51. The standard InChI is InChI=1S/C17H18FNO3/c1-4-8-19-11(2)15(17(21)22-3)14(16(19)20)10-12-6-5-7-13(18)9-12/h5-7,9-10H,4,8H2,1-3H3/b14-10-. The van der Waals surface area contributed by atoms with Crippen LogP contribution in [-0.4, -0.2) is 30.4 Å². The van der Waals surface area contributed by atoms with Gasteiger partial charge in [0, 0.05) is 12.2 Å². The van der Waals surface area contributed by atoms with E-state index in [1.54, 1.807) is 24.0 Å².